The molecule has 0 amide bonds. The maximum absolute atomic E-state index is 9.86. The van der Waals surface area contributed by atoms with Crippen LogP contribution in [0.3, 0.4) is 0 Å². The van der Waals surface area contributed by atoms with E-state index in [0.717, 1.165) is 31.2 Å². The van der Waals surface area contributed by atoms with Crippen molar-refractivity contribution in [2.24, 2.45) is 5.92 Å². The molecule has 0 saturated heterocycles. The van der Waals surface area contributed by atoms with Crippen LogP contribution >= 0.6 is 0 Å². The molecule has 2 aliphatic rings. The predicted octanol–water partition coefficient (Wildman–Crippen LogP) is 6.50. The predicted molar refractivity (Wildman–Crippen MR) is 114 cm³/mol. The standard InChI is InChI=1S/C23H22O2.C2H6/c24-22-13-10-16(15-23(22)25)14-21-19-8-3-1-2-6-17(19)11-12-18-7-4-5-9-20(18)21;1-2/h1-2,4-7,9-10,13-15,19,24-25H,3,8,11-12H2;1-2H3/b21-14+;. The summed E-state index contributed by atoms with van der Waals surface area (Å²) in [6, 6.07) is 13.7. The largest absolute Gasteiger partial charge is 0.504 e. The molecule has 2 nitrogen and oxygen atoms in total. The molecular formula is C25H28O2. The normalized spacial score (nSPS) is 19.7. The van der Waals surface area contributed by atoms with E-state index in [-0.39, 0.29) is 11.5 Å². The van der Waals surface area contributed by atoms with Crippen LogP contribution in [0.4, 0.5) is 0 Å². The zero-order chi connectivity index (χ0) is 19.2. The van der Waals surface area contributed by atoms with Crippen LogP contribution in [-0.2, 0) is 6.42 Å². The second-order valence-electron chi connectivity index (χ2n) is 6.80. The molecule has 1 unspecified atom stereocenters. The molecule has 2 heteroatoms. The highest BCUT2D eigenvalue weighted by molar-refractivity contribution is 5.86. The lowest BCUT2D eigenvalue weighted by molar-refractivity contribution is 0.403. The van der Waals surface area contributed by atoms with E-state index in [4.69, 9.17) is 0 Å². The number of rotatable bonds is 1. The van der Waals surface area contributed by atoms with Crippen LogP contribution in [0.25, 0.3) is 11.6 Å². The van der Waals surface area contributed by atoms with Crippen molar-refractivity contribution < 1.29 is 10.2 Å². The number of hydrogen-bond donors (Lipinski definition) is 2. The van der Waals surface area contributed by atoms with Gasteiger partial charge in [0.15, 0.2) is 11.5 Å². The number of fused-ring (bicyclic) bond motifs is 2. The minimum absolute atomic E-state index is 0.0745. The molecule has 1 atom stereocenters. The smallest absolute Gasteiger partial charge is 0.157 e. The van der Waals surface area contributed by atoms with Gasteiger partial charge < -0.3 is 10.2 Å². The third kappa shape index (κ3) is 4.16. The molecule has 0 heterocycles. The molecule has 27 heavy (non-hydrogen) atoms. The number of aromatic hydroxyl groups is 2. The first-order valence-corrected chi connectivity index (χ1v) is 9.90. The third-order valence-electron chi connectivity index (χ3n) is 5.22. The lowest BCUT2D eigenvalue weighted by Gasteiger charge is -2.21. The van der Waals surface area contributed by atoms with E-state index in [2.05, 4.69) is 48.6 Å². The van der Waals surface area contributed by atoms with Crippen molar-refractivity contribution in [3.05, 3.63) is 83.0 Å². The van der Waals surface area contributed by atoms with Crippen molar-refractivity contribution in [2.75, 3.05) is 0 Å². The molecule has 0 fully saturated rings. The van der Waals surface area contributed by atoms with E-state index >= 15 is 0 Å². The summed E-state index contributed by atoms with van der Waals surface area (Å²) in [5, 5.41) is 19.4. The average Bonchev–Trinajstić information content (AvgIpc) is 3.01. The topological polar surface area (TPSA) is 40.5 Å². The van der Waals surface area contributed by atoms with Gasteiger partial charge in [-0.3, -0.25) is 0 Å². The first-order chi connectivity index (χ1) is 13.2. The van der Waals surface area contributed by atoms with Crippen molar-refractivity contribution in [1.29, 1.82) is 0 Å². The lowest BCUT2D eigenvalue weighted by Crippen LogP contribution is -2.05. The fraction of sp³-hybridized carbons (Fsp3) is 0.280. The summed E-state index contributed by atoms with van der Waals surface area (Å²) in [6.07, 6.45) is 13.2. The Balaban J connectivity index is 0.00000102. The average molecular weight is 360 g/mol. The molecule has 0 spiro atoms. The monoisotopic (exact) mass is 360 g/mol. The fourth-order valence-corrected chi connectivity index (χ4v) is 3.94. The third-order valence-corrected chi connectivity index (χ3v) is 5.22. The van der Waals surface area contributed by atoms with E-state index in [1.807, 2.05) is 19.9 Å². The van der Waals surface area contributed by atoms with Gasteiger partial charge in [-0.25, -0.2) is 0 Å². The Kier molecular flexibility index (Phi) is 6.18. The number of phenolic OH excluding ortho intramolecular Hbond substituents is 2. The zero-order valence-corrected chi connectivity index (χ0v) is 16.2. The summed E-state index contributed by atoms with van der Waals surface area (Å²) in [4.78, 5) is 0. The van der Waals surface area contributed by atoms with Crippen molar-refractivity contribution in [2.45, 2.75) is 39.5 Å². The second-order valence-corrected chi connectivity index (χ2v) is 6.80. The van der Waals surface area contributed by atoms with Gasteiger partial charge in [0.1, 0.15) is 0 Å². The first-order valence-electron chi connectivity index (χ1n) is 9.90. The van der Waals surface area contributed by atoms with Crippen LogP contribution < -0.4 is 0 Å². The Hall–Kier alpha value is -2.74. The SMILES string of the molecule is CC.Oc1ccc(/C=C2/c3ccccc3CCC3=CC=CCCC32)cc1O. The van der Waals surface area contributed by atoms with E-state index in [1.165, 1.54) is 22.3 Å². The van der Waals surface area contributed by atoms with Gasteiger partial charge >= 0.3 is 0 Å². The van der Waals surface area contributed by atoms with Gasteiger partial charge in [-0.1, -0.05) is 74.1 Å². The Morgan fingerprint density at radius 1 is 0.963 bits per heavy atom. The highest BCUT2D eigenvalue weighted by atomic mass is 16.3. The summed E-state index contributed by atoms with van der Waals surface area (Å²) < 4.78 is 0. The molecule has 140 valence electrons. The number of aryl methyl sites for hydroxylation is 1. The highest BCUT2D eigenvalue weighted by Gasteiger charge is 2.25. The summed E-state index contributed by atoms with van der Waals surface area (Å²) >= 11 is 0. The molecule has 0 radical (unpaired) electrons. The van der Waals surface area contributed by atoms with Crippen LogP contribution in [-0.4, -0.2) is 10.2 Å². The number of benzene rings is 2. The van der Waals surface area contributed by atoms with Crippen LogP contribution in [0.15, 0.2) is 66.3 Å². The van der Waals surface area contributed by atoms with E-state index in [1.54, 1.807) is 12.1 Å². The summed E-state index contributed by atoms with van der Waals surface area (Å²) in [5.74, 6) is 0.242. The number of allylic oxidation sites excluding steroid dienone is 5. The summed E-state index contributed by atoms with van der Waals surface area (Å²) in [5.41, 5.74) is 6.41. The van der Waals surface area contributed by atoms with Crippen LogP contribution in [0.2, 0.25) is 0 Å². The van der Waals surface area contributed by atoms with Crippen LogP contribution in [0.1, 0.15) is 49.8 Å². The quantitative estimate of drug-likeness (QED) is 0.570. The molecule has 0 bridgehead atoms. The van der Waals surface area contributed by atoms with E-state index in [9.17, 15) is 10.2 Å². The second kappa shape index (κ2) is 8.77. The van der Waals surface area contributed by atoms with Crippen molar-refractivity contribution in [3.8, 4) is 11.5 Å². The fourth-order valence-electron chi connectivity index (χ4n) is 3.94. The number of hydrogen-bond acceptors (Lipinski definition) is 2. The van der Waals surface area contributed by atoms with Gasteiger partial charge in [-0.05, 0) is 60.1 Å². The molecule has 0 aliphatic heterocycles. The molecule has 2 aliphatic carbocycles. The molecule has 2 aromatic carbocycles. The maximum atomic E-state index is 9.86. The molecule has 2 N–H and O–H groups in total. The molecule has 0 aromatic heterocycles. The maximum Gasteiger partial charge on any atom is 0.157 e. The van der Waals surface area contributed by atoms with Crippen molar-refractivity contribution in [3.63, 3.8) is 0 Å². The van der Waals surface area contributed by atoms with Gasteiger partial charge in [-0.15, -0.1) is 0 Å². The zero-order valence-electron chi connectivity index (χ0n) is 16.2. The Morgan fingerprint density at radius 2 is 1.78 bits per heavy atom. The molecule has 0 saturated carbocycles. The van der Waals surface area contributed by atoms with Crippen LogP contribution in [0.5, 0.6) is 11.5 Å². The first kappa shape index (κ1) is 19.0. The highest BCUT2D eigenvalue weighted by Crippen LogP contribution is 2.42. The van der Waals surface area contributed by atoms with E-state index < -0.39 is 0 Å². The van der Waals surface area contributed by atoms with Crippen molar-refractivity contribution >= 4 is 11.6 Å². The lowest BCUT2D eigenvalue weighted by atomic mass is 9.83. The van der Waals surface area contributed by atoms with Gasteiger partial charge in [0, 0.05) is 5.92 Å². The van der Waals surface area contributed by atoms with Gasteiger partial charge in [0.2, 0.25) is 0 Å². The Labute approximate surface area is 162 Å². The Morgan fingerprint density at radius 3 is 2.59 bits per heavy atom. The van der Waals surface area contributed by atoms with Gasteiger partial charge in [0.05, 0.1) is 0 Å². The Bertz CT molecular complexity index is 887. The minimum Gasteiger partial charge on any atom is -0.504 e. The molecule has 2 aromatic rings. The van der Waals surface area contributed by atoms with Gasteiger partial charge in [-0.2, -0.15) is 0 Å². The van der Waals surface area contributed by atoms with Crippen molar-refractivity contribution in [1.82, 2.24) is 0 Å². The summed E-state index contributed by atoms with van der Waals surface area (Å²) in [7, 11) is 0. The molecule has 4 rings (SSSR count). The minimum atomic E-state index is -0.0809. The van der Waals surface area contributed by atoms with E-state index in [0.29, 0.717) is 5.92 Å². The number of phenols is 2. The summed E-state index contributed by atoms with van der Waals surface area (Å²) in [6.45, 7) is 4.00. The molecular weight excluding hydrogens is 332 g/mol. The van der Waals surface area contributed by atoms with Gasteiger partial charge in [0.25, 0.3) is 0 Å². The van der Waals surface area contributed by atoms with Crippen LogP contribution in [0, 0.1) is 5.92 Å².